The van der Waals surface area contributed by atoms with Gasteiger partial charge in [0.1, 0.15) is 0 Å². The van der Waals surface area contributed by atoms with E-state index in [1.54, 1.807) is 31.2 Å². The van der Waals surface area contributed by atoms with Crippen LogP contribution in [-0.2, 0) is 15.1 Å². The highest BCUT2D eigenvalue weighted by molar-refractivity contribution is 9.45. The number of carbonyl (C=O) groups excluding carboxylic acids is 1. The van der Waals surface area contributed by atoms with Gasteiger partial charge in [-0.3, -0.25) is 0 Å². The first-order valence-electron chi connectivity index (χ1n) is 11.8. The van der Waals surface area contributed by atoms with E-state index in [-0.39, 0.29) is 111 Å². The van der Waals surface area contributed by atoms with E-state index in [0.29, 0.717) is 5.56 Å². The number of hydrogen-bond acceptors (Lipinski definition) is 3. The minimum atomic E-state index is -1.59. The smallest absolute Gasteiger partial charge is 0.342 e. The van der Waals surface area contributed by atoms with Crippen LogP contribution in [0, 0.1) is 0 Å². The summed E-state index contributed by atoms with van der Waals surface area (Å²) in [6, 6.07) is 6.90. The van der Waals surface area contributed by atoms with Crippen LogP contribution in [0.2, 0.25) is 0 Å². The molecule has 1 aromatic rings. The molecule has 21 atom stereocenters. The molecule has 36 heteroatoms. The quantitative estimate of drug-likeness (QED) is 0.125. The predicted molar refractivity (Wildman–Crippen MR) is 329 cm³/mol. The van der Waals surface area contributed by atoms with Crippen molar-refractivity contribution in [3.05, 3.63) is 34.3 Å². The van der Waals surface area contributed by atoms with Gasteiger partial charge in [0.25, 0.3) is 0 Å². The van der Waals surface area contributed by atoms with E-state index < -0.39 is 11.6 Å². The van der Waals surface area contributed by atoms with Gasteiger partial charge in [0.2, 0.25) is 0 Å². The fourth-order valence-corrected chi connectivity index (χ4v) is 418. The number of ether oxygens (including phenoxy) is 1. The van der Waals surface area contributed by atoms with E-state index >= 15 is 0 Å². The lowest BCUT2D eigenvalue weighted by atomic mass is 9.96. The summed E-state index contributed by atoms with van der Waals surface area (Å²) in [4.78, 5) is 11.5. The largest absolute Gasteiger partial charge is 0.464 e. The van der Waals surface area contributed by atoms with Gasteiger partial charge < -0.3 is 9.84 Å². The van der Waals surface area contributed by atoms with Crippen LogP contribution in [-0.4, -0.2) is 17.7 Å². The Bertz CT molecular complexity index is 980. The zero-order valence-electron chi connectivity index (χ0n) is 25.2. The van der Waals surface area contributed by atoms with E-state index in [1.165, 1.54) is 6.92 Å². The summed E-state index contributed by atoms with van der Waals surface area (Å²) in [5.74, 6) is -0.632. The van der Waals surface area contributed by atoms with E-state index in [9.17, 15) is 9.90 Å². The highest BCUT2D eigenvalue weighted by atomic mass is 79.9. The van der Waals surface area contributed by atoms with Crippen LogP contribution in [0.3, 0.4) is 0 Å². The Morgan fingerprint density at radius 3 is 1.15 bits per heavy atom. The molecular weight excluding hydrogens is 1250 g/mol. The summed E-state index contributed by atoms with van der Waals surface area (Å²) >= 11 is 3.28. The van der Waals surface area contributed by atoms with Crippen molar-refractivity contribution in [2.24, 2.45) is 0 Å². The van der Waals surface area contributed by atoms with Crippen molar-refractivity contribution >= 4 is 278 Å². The molecule has 0 radical (unpaired) electrons. The van der Waals surface area contributed by atoms with Gasteiger partial charge in [-0.1, -0.05) is 28.1 Å². The molecule has 0 fully saturated rings. The lowest BCUT2D eigenvalue weighted by Gasteiger charge is -2.53. The molecule has 0 aliphatic rings. The van der Waals surface area contributed by atoms with Crippen LogP contribution < -0.4 is 0 Å². The SMILES string of the molecule is CCOC(=O)C(C)(O)c1ccc(Br)cc1.PP(P)P(P)P(P(P)P)P(P(P(P)P)P(P)P)P(P(P(P)P)P(P)P)P(P(P)P)P(P)P. The Kier molecular flexibility index (Phi) is 40.4. The van der Waals surface area contributed by atoms with Crippen molar-refractivity contribution < 1.29 is 14.6 Å². The van der Waals surface area contributed by atoms with E-state index in [4.69, 9.17) is 4.74 Å². The second kappa shape index (κ2) is 31.7. The zero-order chi connectivity index (χ0) is 37.1. The van der Waals surface area contributed by atoms with Gasteiger partial charge in [-0.15, -0.1) is 152 Å². The highest BCUT2D eigenvalue weighted by Crippen LogP contribution is 3.39. The molecule has 3 nitrogen and oxygen atoms in total. The summed E-state index contributed by atoms with van der Waals surface area (Å²) in [7, 11) is 56.3. The Morgan fingerprint density at radius 1 is 0.596 bits per heavy atom. The van der Waals surface area contributed by atoms with Crippen molar-refractivity contribution in [3.8, 4) is 0 Å². The average molecular weight is 1300 g/mol. The van der Waals surface area contributed by atoms with Crippen LogP contribution in [0.15, 0.2) is 28.7 Å². The third kappa shape index (κ3) is 21.6. The molecule has 0 heterocycles. The molecule has 47 heavy (non-hydrogen) atoms. The fourth-order valence-electron chi connectivity index (χ4n) is 2.88. The monoisotopic (exact) mass is 1300 g/mol. The number of rotatable bonds is 17. The predicted octanol–water partition coefficient (Wildman–Crippen LogP) is 20.7. The van der Waals surface area contributed by atoms with Crippen molar-refractivity contribution in [1.29, 1.82) is 0 Å². The molecule has 1 N–H and O–H groups in total. The van der Waals surface area contributed by atoms with Gasteiger partial charge in [-0.05, 0) is 136 Å². The van der Waals surface area contributed by atoms with Crippen molar-refractivity contribution in [2.75, 3.05) is 6.61 Å². The molecule has 0 spiro atoms. The second-order valence-electron chi connectivity index (χ2n) is 8.27. The van der Waals surface area contributed by atoms with Crippen molar-refractivity contribution in [3.63, 3.8) is 0 Å². The first-order chi connectivity index (χ1) is 21.5. The summed E-state index contributed by atoms with van der Waals surface area (Å²) in [5.41, 5.74) is -1.07. The van der Waals surface area contributed by atoms with Crippen LogP contribution in [0.5, 0.6) is 0 Å². The maximum Gasteiger partial charge on any atom is 0.342 e. The van der Waals surface area contributed by atoms with Gasteiger partial charge in [0.15, 0.2) is 5.60 Å². The Labute approximate surface area is 349 Å². The normalized spacial score (nSPS) is 16.0. The highest BCUT2D eigenvalue weighted by Gasteiger charge is 2.51. The molecular formula is C11H47BrO3P32. The third-order valence-corrected chi connectivity index (χ3v) is 219. The molecule has 0 bridgehead atoms. The van der Waals surface area contributed by atoms with Crippen LogP contribution in [0.25, 0.3) is 0 Å². The Balaban J connectivity index is 0.00000117. The van der Waals surface area contributed by atoms with Gasteiger partial charge in [0, 0.05) is 4.47 Å². The topological polar surface area (TPSA) is 46.5 Å². The second-order valence-corrected chi connectivity index (χ2v) is 138. The van der Waals surface area contributed by atoms with Gasteiger partial charge in [-0.2, -0.15) is 0 Å². The van der Waals surface area contributed by atoms with Gasteiger partial charge in [0.05, 0.1) is 6.61 Å². The Hall–Kier alpha value is 12.9. The average Bonchev–Trinajstić information content (AvgIpc) is 2.91. The van der Waals surface area contributed by atoms with Crippen LogP contribution in [0.1, 0.15) is 19.4 Å². The number of benzene rings is 1. The molecule has 1 rings (SSSR count). The molecule has 0 aromatic heterocycles. The fraction of sp³-hybridized carbons (Fsp3) is 0.364. The Morgan fingerprint density at radius 2 is 0.894 bits per heavy atom. The standard InChI is InChI=1S/C11H13BrO3.H34P32/c1-3-15-10(13)11(2,14)8-4-6-9(12)7-5-8;1-18(2)26(17)30(25(15)16)32(29(23(11)12)24(13)14)31(27(19(3)4)20(5)6)28(21(7)8)22(9)10/h4-7,14H,3H2,1-2H3;1-17H2. The molecule has 1 aromatic carbocycles. The molecule has 0 aliphatic carbocycles. The minimum absolute atomic E-state index is 0.0135. The molecule has 0 amide bonds. The summed E-state index contributed by atoms with van der Waals surface area (Å²) in [6.07, 6.45) is 0. The van der Waals surface area contributed by atoms with Crippen molar-refractivity contribution in [1.82, 2.24) is 0 Å². The summed E-state index contributed by atoms with van der Waals surface area (Å²) < 4.78 is 5.69. The number of carbonyl (C=O) groups is 1. The minimum Gasteiger partial charge on any atom is -0.464 e. The number of halogens is 1. The molecule has 0 saturated heterocycles. The third-order valence-electron chi connectivity index (χ3n) is 4.75. The lowest BCUT2D eigenvalue weighted by Crippen LogP contribution is -2.34. The van der Waals surface area contributed by atoms with E-state index in [0.717, 1.165) is 4.47 Å². The van der Waals surface area contributed by atoms with Gasteiger partial charge in [-0.25, -0.2) is 4.79 Å². The maximum atomic E-state index is 11.5. The van der Waals surface area contributed by atoms with Crippen LogP contribution in [0.4, 0.5) is 0 Å². The number of aliphatic hydroxyl groups is 1. The maximum absolute atomic E-state index is 11.5. The zero-order valence-corrected chi connectivity index (χ0v) is 59.8. The van der Waals surface area contributed by atoms with Gasteiger partial charge >= 0.3 is 5.97 Å². The first kappa shape index (κ1) is 59.9. The first-order valence-corrected chi connectivity index (χ1v) is 70.1. The molecule has 21 unspecified atom stereocenters. The van der Waals surface area contributed by atoms with Crippen LogP contribution >= 0.6 is 273 Å². The molecule has 0 saturated carbocycles. The summed E-state index contributed by atoms with van der Waals surface area (Å²) in [6.45, 7) is 2.89. The van der Waals surface area contributed by atoms with E-state index in [1.807, 2.05) is 0 Å². The van der Waals surface area contributed by atoms with Crippen molar-refractivity contribution in [2.45, 2.75) is 19.4 Å². The van der Waals surface area contributed by atoms with E-state index in [2.05, 4.69) is 168 Å². The number of esters is 1. The lowest BCUT2D eigenvalue weighted by molar-refractivity contribution is -0.164. The molecule has 0 aliphatic heterocycles. The number of hydrogen-bond donors (Lipinski definition) is 1. The molecule has 276 valence electrons. The summed E-state index contributed by atoms with van der Waals surface area (Å²) in [5, 5.41) is 9.99.